The molecule has 0 N–H and O–H groups in total. The number of benzene rings is 11. The maximum atomic E-state index is 2.60. The molecule has 3 aromatic heterocycles. The van der Waals surface area contributed by atoms with E-state index in [4.69, 9.17) is 0 Å². The predicted molar refractivity (Wildman–Crippen MR) is 350 cm³/mol. The zero-order chi connectivity index (χ0) is 54.8. The fourth-order valence-electron chi connectivity index (χ4n) is 14.3. The molecule has 2 aliphatic carbocycles. The SMILES string of the molecule is C[C@@]12C=C(c3ccccc3)C=CC1N(c1ccc3c4ccccc4n(-c4ccc(-n5c6ccccc6c6ccc(-n7c8ccc(-c9ccccc9)cc8c8cc(-c9ccccc9)ccc87)cc65)cc4)c3c1)c1ccc(C3=CCCC=C3)cc12. The van der Waals surface area contributed by atoms with Crippen molar-refractivity contribution in [2.45, 2.75) is 31.2 Å². The van der Waals surface area contributed by atoms with E-state index >= 15 is 0 Å². The quantitative estimate of drug-likeness (QED) is 0.148. The molecule has 11 aromatic carbocycles. The maximum Gasteiger partial charge on any atom is 0.0655 e. The number of nitrogens with zero attached hydrogens (tertiary/aromatic N) is 4. The Morgan fingerprint density at radius 2 is 0.819 bits per heavy atom. The number of hydrogen-bond acceptors (Lipinski definition) is 1. The molecule has 0 fully saturated rings. The van der Waals surface area contributed by atoms with Crippen LogP contribution in [0, 0.1) is 0 Å². The van der Waals surface area contributed by atoms with Crippen LogP contribution in [0.25, 0.3) is 116 Å². The molecule has 3 aliphatic rings. The van der Waals surface area contributed by atoms with E-state index in [0.717, 1.165) is 35.4 Å². The third-order valence-corrected chi connectivity index (χ3v) is 18.3. The highest BCUT2D eigenvalue weighted by atomic mass is 15.2. The Labute approximate surface area is 482 Å². The average molecular weight is 1060 g/mol. The monoisotopic (exact) mass is 1060 g/mol. The molecular formula is C79H56N4. The van der Waals surface area contributed by atoms with Crippen molar-refractivity contribution in [3.63, 3.8) is 0 Å². The van der Waals surface area contributed by atoms with Crippen molar-refractivity contribution < 1.29 is 0 Å². The van der Waals surface area contributed by atoms with E-state index in [9.17, 15) is 0 Å². The van der Waals surface area contributed by atoms with Gasteiger partial charge in [-0.3, -0.25) is 0 Å². The summed E-state index contributed by atoms with van der Waals surface area (Å²) in [6.07, 6.45) is 16.5. The molecule has 4 nitrogen and oxygen atoms in total. The third-order valence-electron chi connectivity index (χ3n) is 18.3. The Kier molecular flexibility index (Phi) is 10.6. The molecule has 14 aromatic rings. The summed E-state index contributed by atoms with van der Waals surface area (Å²) in [4.78, 5) is 2.60. The number of para-hydroxylation sites is 2. The zero-order valence-corrected chi connectivity index (χ0v) is 46.0. The molecule has 392 valence electrons. The van der Waals surface area contributed by atoms with Gasteiger partial charge in [0.05, 0.1) is 39.1 Å². The van der Waals surface area contributed by atoms with Gasteiger partial charge in [0.25, 0.3) is 0 Å². The topological polar surface area (TPSA) is 18.0 Å². The van der Waals surface area contributed by atoms with E-state index in [1.165, 1.54) is 121 Å². The summed E-state index contributed by atoms with van der Waals surface area (Å²) in [6, 6.07) is 94.7. The van der Waals surface area contributed by atoms with Crippen molar-refractivity contribution in [2.75, 3.05) is 4.90 Å². The van der Waals surface area contributed by atoms with E-state index < -0.39 is 0 Å². The van der Waals surface area contributed by atoms with Crippen molar-refractivity contribution in [1.82, 2.24) is 13.7 Å². The summed E-state index contributed by atoms with van der Waals surface area (Å²) in [7, 11) is 0. The van der Waals surface area contributed by atoms with Crippen LogP contribution in [0.5, 0.6) is 0 Å². The van der Waals surface area contributed by atoms with Gasteiger partial charge in [-0.05, 0) is 167 Å². The lowest BCUT2D eigenvalue weighted by molar-refractivity contribution is 0.553. The highest BCUT2D eigenvalue weighted by Gasteiger charge is 2.47. The van der Waals surface area contributed by atoms with Gasteiger partial charge in [0.15, 0.2) is 0 Å². The van der Waals surface area contributed by atoms with Crippen LogP contribution in [-0.2, 0) is 5.41 Å². The fourth-order valence-corrected chi connectivity index (χ4v) is 14.3. The smallest absolute Gasteiger partial charge is 0.0655 e. The Balaban J connectivity index is 0.797. The lowest BCUT2D eigenvalue weighted by Gasteiger charge is -2.36. The van der Waals surface area contributed by atoms with Gasteiger partial charge < -0.3 is 18.6 Å². The van der Waals surface area contributed by atoms with Gasteiger partial charge >= 0.3 is 0 Å². The molecule has 1 unspecified atom stereocenters. The number of allylic oxidation sites excluding steroid dienone is 6. The summed E-state index contributed by atoms with van der Waals surface area (Å²) in [6.45, 7) is 2.44. The normalized spacial score (nSPS) is 16.6. The first-order valence-electron chi connectivity index (χ1n) is 29.2. The average Bonchev–Trinajstić information content (AvgIpc) is 2.24. The standard InChI is InChI=1S/C79H56N4/c1-79-51-59(55-24-12-5-13-25-55)33-45-78(79)83(75-44-32-58(48-70(75)79)54-22-10-4-11-23-54)63-39-41-67-65-27-15-17-29-72(65)81(77(67)50-63)61-36-34-60(35-37-61)80-71-28-16-14-26-64(71)66-40-38-62(49-76(66)80)82-73-42-30-56(52-18-6-2-7-19-52)46-68(73)69-47-57(31-43-74(69)82)53-20-8-3-9-21-53/h2-3,5-10,12-51,78H,4,11H2,1H3/t78?,79-/m0/s1. The molecule has 2 atom stereocenters. The van der Waals surface area contributed by atoms with Crippen molar-refractivity contribution >= 4 is 87.9 Å². The summed E-state index contributed by atoms with van der Waals surface area (Å²) in [5, 5.41) is 7.39. The van der Waals surface area contributed by atoms with Crippen molar-refractivity contribution in [1.29, 1.82) is 0 Å². The molecule has 1 aliphatic heterocycles. The highest BCUT2D eigenvalue weighted by molar-refractivity contribution is 6.14. The van der Waals surface area contributed by atoms with Crippen LogP contribution in [-0.4, -0.2) is 19.7 Å². The van der Waals surface area contributed by atoms with Crippen LogP contribution in [0.1, 0.15) is 36.5 Å². The second kappa shape index (κ2) is 18.6. The minimum absolute atomic E-state index is 0.0762. The van der Waals surface area contributed by atoms with Crippen LogP contribution >= 0.6 is 0 Å². The lowest BCUT2D eigenvalue weighted by atomic mass is 9.73. The van der Waals surface area contributed by atoms with Gasteiger partial charge in [0.1, 0.15) is 0 Å². The molecule has 0 amide bonds. The molecule has 0 spiro atoms. The molecule has 4 heterocycles. The molecule has 83 heavy (non-hydrogen) atoms. The Bertz CT molecular complexity index is 4990. The van der Waals surface area contributed by atoms with Gasteiger partial charge in [0.2, 0.25) is 0 Å². The number of aromatic nitrogens is 3. The second-order valence-electron chi connectivity index (χ2n) is 22.9. The van der Waals surface area contributed by atoms with Crippen molar-refractivity contribution in [3.05, 3.63) is 308 Å². The van der Waals surface area contributed by atoms with E-state index in [1.807, 2.05) is 0 Å². The molecule has 17 rings (SSSR count). The maximum absolute atomic E-state index is 2.60. The number of rotatable bonds is 8. The van der Waals surface area contributed by atoms with E-state index in [-0.39, 0.29) is 11.5 Å². The highest BCUT2D eigenvalue weighted by Crippen LogP contribution is 2.54. The molecule has 0 radical (unpaired) electrons. The largest absolute Gasteiger partial charge is 0.333 e. The Morgan fingerprint density at radius 3 is 1.40 bits per heavy atom. The number of hydrogen-bond donors (Lipinski definition) is 0. The van der Waals surface area contributed by atoms with E-state index in [2.05, 4.69) is 317 Å². The van der Waals surface area contributed by atoms with Crippen LogP contribution in [0.2, 0.25) is 0 Å². The van der Waals surface area contributed by atoms with Gasteiger partial charge in [0, 0.05) is 66.2 Å². The van der Waals surface area contributed by atoms with Gasteiger partial charge in [-0.15, -0.1) is 0 Å². The van der Waals surface area contributed by atoms with Crippen molar-refractivity contribution in [3.8, 4) is 39.3 Å². The van der Waals surface area contributed by atoms with Gasteiger partial charge in [-0.25, -0.2) is 0 Å². The predicted octanol–water partition coefficient (Wildman–Crippen LogP) is 20.5. The van der Waals surface area contributed by atoms with Crippen molar-refractivity contribution in [2.24, 2.45) is 0 Å². The van der Waals surface area contributed by atoms with Crippen LogP contribution < -0.4 is 4.90 Å². The fraction of sp³-hybridized carbons (Fsp3) is 0.0633. The second-order valence-corrected chi connectivity index (χ2v) is 22.9. The molecule has 0 saturated heterocycles. The van der Waals surface area contributed by atoms with Crippen LogP contribution in [0.15, 0.2) is 291 Å². The minimum Gasteiger partial charge on any atom is -0.333 e. The minimum atomic E-state index is -0.280. The molecular weight excluding hydrogens is 1000 g/mol. The van der Waals surface area contributed by atoms with Gasteiger partial charge in [-0.1, -0.05) is 194 Å². The third kappa shape index (κ3) is 7.39. The first-order chi connectivity index (χ1) is 41.0. The number of anilines is 2. The van der Waals surface area contributed by atoms with E-state index in [1.54, 1.807) is 0 Å². The lowest BCUT2D eigenvalue weighted by Crippen LogP contribution is -2.39. The Hall–Kier alpha value is -10.4. The summed E-state index contributed by atoms with van der Waals surface area (Å²) in [5.41, 5.74) is 23.9. The Morgan fingerprint density at radius 1 is 0.337 bits per heavy atom. The first kappa shape index (κ1) is 47.4. The summed E-state index contributed by atoms with van der Waals surface area (Å²) >= 11 is 0. The summed E-state index contributed by atoms with van der Waals surface area (Å²) < 4.78 is 7.40. The zero-order valence-electron chi connectivity index (χ0n) is 46.0. The molecule has 4 heteroatoms. The summed E-state index contributed by atoms with van der Waals surface area (Å²) in [5.74, 6) is 0. The van der Waals surface area contributed by atoms with Gasteiger partial charge in [-0.2, -0.15) is 0 Å². The number of fused-ring (bicyclic) bond motifs is 12. The van der Waals surface area contributed by atoms with Crippen LogP contribution in [0.3, 0.4) is 0 Å². The molecule has 0 saturated carbocycles. The first-order valence-corrected chi connectivity index (χ1v) is 29.2. The molecule has 0 bridgehead atoms. The van der Waals surface area contributed by atoms with E-state index in [0.29, 0.717) is 0 Å². The van der Waals surface area contributed by atoms with Crippen LogP contribution in [0.4, 0.5) is 11.4 Å².